The molecule has 0 amide bonds. The Morgan fingerprint density at radius 2 is 1.96 bits per heavy atom. The molecule has 1 fully saturated rings. The maximum absolute atomic E-state index is 12.3. The van der Waals surface area contributed by atoms with Crippen LogP contribution in [-0.4, -0.2) is 32.9 Å². The summed E-state index contributed by atoms with van der Waals surface area (Å²) in [7, 11) is 0. The van der Waals surface area contributed by atoms with Gasteiger partial charge < -0.3 is 4.52 Å². The van der Waals surface area contributed by atoms with Gasteiger partial charge in [0.05, 0.1) is 5.69 Å². The largest absolute Gasteiger partial charge is 0.361 e. The minimum Gasteiger partial charge on any atom is -0.361 e. The van der Waals surface area contributed by atoms with E-state index in [1.54, 1.807) is 4.68 Å². The summed E-state index contributed by atoms with van der Waals surface area (Å²) >= 11 is 0. The Balaban J connectivity index is 1.19. The highest BCUT2D eigenvalue weighted by Crippen LogP contribution is 2.27. The summed E-state index contributed by atoms with van der Waals surface area (Å²) in [5.74, 6) is 1.65. The molecule has 0 bridgehead atoms. The van der Waals surface area contributed by atoms with E-state index < -0.39 is 0 Å². The molecule has 138 valence electrons. The Bertz CT molecular complexity index is 861. The first-order valence-electron chi connectivity index (χ1n) is 10.0. The Hall–Kier alpha value is -1.95. The lowest BCUT2D eigenvalue weighted by Gasteiger charge is -2.31. The summed E-state index contributed by atoms with van der Waals surface area (Å²) < 4.78 is 7.19. The highest BCUT2D eigenvalue weighted by Gasteiger charge is 2.25. The molecule has 5 rings (SSSR count). The fourth-order valence-electron chi connectivity index (χ4n) is 4.77. The number of nitrogens with zero attached hydrogens (tertiary/aromatic N) is 4. The second-order valence-corrected chi connectivity index (χ2v) is 8.09. The summed E-state index contributed by atoms with van der Waals surface area (Å²) in [5.41, 5.74) is 4.89. The van der Waals surface area contributed by atoms with E-state index in [0.717, 1.165) is 88.3 Å². The molecule has 1 saturated heterocycles. The number of rotatable bonds is 4. The van der Waals surface area contributed by atoms with Gasteiger partial charge >= 0.3 is 0 Å². The first kappa shape index (κ1) is 16.2. The van der Waals surface area contributed by atoms with Crippen LogP contribution in [0.2, 0.25) is 0 Å². The first-order chi connectivity index (χ1) is 12.8. The van der Waals surface area contributed by atoms with Crippen LogP contribution >= 0.6 is 0 Å². The molecule has 1 aliphatic heterocycles. The lowest BCUT2D eigenvalue weighted by Crippen LogP contribution is -2.36. The van der Waals surface area contributed by atoms with E-state index in [1.165, 1.54) is 17.5 Å². The van der Waals surface area contributed by atoms with Crippen molar-refractivity contribution in [2.45, 2.75) is 64.5 Å². The molecule has 6 heteroatoms. The third-order valence-electron chi connectivity index (χ3n) is 6.32. The molecule has 0 atom stereocenters. The first-order valence-corrected chi connectivity index (χ1v) is 10.0. The average molecular weight is 354 g/mol. The normalized spacial score (nSPS) is 20.5. The van der Waals surface area contributed by atoms with Crippen LogP contribution in [-0.2, 0) is 38.8 Å². The van der Waals surface area contributed by atoms with Crippen molar-refractivity contribution in [1.29, 1.82) is 0 Å². The Labute approximate surface area is 153 Å². The number of likely N-dealkylation sites (tertiary alicyclic amines) is 1. The van der Waals surface area contributed by atoms with E-state index in [-0.39, 0.29) is 5.56 Å². The van der Waals surface area contributed by atoms with Crippen molar-refractivity contribution >= 4 is 0 Å². The molecule has 3 aliphatic rings. The third-order valence-corrected chi connectivity index (χ3v) is 6.32. The zero-order chi connectivity index (χ0) is 17.5. The molecule has 0 saturated carbocycles. The van der Waals surface area contributed by atoms with Crippen LogP contribution in [0.4, 0.5) is 0 Å². The van der Waals surface area contributed by atoms with Gasteiger partial charge in [0, 0.05) is 31.1 Å². The highest BCUT2D eigenvalue weighted by molar-refractivity contribution is 5.27. The number of piperidine rings is 1. The van der Waals surface area contributed by atoms with Gasteiger partial charge in [0.25, 0.3) is 5.56 Å². The summed E-state index contributed by atoms with van der Waals surface area (Å²) in [6.07, 6.45) is 8.78. The van der Waals surface area contributed by atoms with Gasteiger partial charge in [0.2, 0.25) is 0 Å². The van der Waals surface area contributed by atoms with Crippen molar-refractivity contribution in [3.05, 3.63) is 44.7 Å². The van der Waals surface area contributed by atoms with Crippen LogP contribution in [0.25, 0.3) is 0 Å². The molecule has 2 aromatic heterocycles. The smallest absolute Gasteiger partial charge is 0.267 e. The molecule has 0 aromatic carbocycles. The van der Waals surface area contributed by atoms with Crippen molar-refractivity contribution in [2.75, 3.05) is 13.1 Å². The maximum Gasteiger partial charge on any atom is 0.267 e. The van der Waals surface area contributed by atoms with Crippen LogP contribution in [0.3, 0.4) is 0 Å². The molecule has 2 aliphatic carbocycles. The highest BCUT2D eigenvalue weighted by atomic mass is 16.5. The molecule has 3 heterocycles. The van der Waals surface area contributed by atoms with Crippen molar-refractivity contribution < 1.29 is 4.52 Å². The molecule has 2 aromatic rings. The molecular weight excluding hydrogens is 328 g/mol. The lowest BCUT2D eigenvalue weighted by molar-refractivity contribution is 0.159. The van der Waals surface area contributed by atoms with Gasteiger partial charge in [-0.3, -0.25) is 9.69 Å². The quantitative estimate of drug-likeness (QED) is 0.841. The summed E-state index contributed by atoms with van der Waals surface area (Å²) in [5, 5.41) is 8.93. The second-order valence-electron chi connectivity index (χ2n) is 8.09. The van der Waals surface area contributed by atoms with E-state index in [1.807, 2.05) is 6.07 Å². The van der Waals surface area contributed by atoms with Gasteiger partial charge in [-0.25, -0.2) is 4.68 Å². The SMILES string of the molecule is O=c1cc2c(nn1CC1CCN(Cc3noc4c3CCC4)CC1)CCC2. The molecule has 0 N–H and O–H groups in total. The van der Waals surface area contributed by atoms with Crippen LogP contribution in [0.5, 0.6) is 0 Å². The minimum atomic E-state index is 0.0752. The van der Waals surface area contributed by atoms with Gasteiger partial charge in [-0.15, -0.1) is 0 Å². The molecule has 26 heavy (non-hydrogen) atoms. The van der Waals surface area contributed by atoms with E-state index in [4.69, 9.17) is 4.52 Å². The van der Waals surface area contributed by atoms with Gasteiger partial charge in [-0.2, -0.15) is 5.10 Å². The van der Waals surface area contributed by atoms with Crippen LogP contribution in [0, 0.1) is 5.92 Å². The van der Waals surface area contributed by atoms with Crippen molar-refractivity contribution in [3.63, 3.8) is 0 Å². The summed E-state index contributed by atoms with van der Waals surface area (Å²) in [6.45, 7) is 3.79. The lowest BCUT2D eigenvalue weighted by atomic mass is 9.96. The Morgan fingerprint density at radius 3 is 2.85 bits per heavy atom. The Kier molecular flexibility index (Phi) is 4.15. The maximum atomic E-state index is 12.3. The minimum absolute atomic E-state index is 0.0752. The van der Waals surface area contributed by atoms with Gasteiger partial charge in [0.1, 0.15) is 11.5 Å². The number of hydrogen-bond donors (Lipinski definition) is 0. The average Bonchev–Trinajstić information content (AvgIpc) is 3.35. The van der Waals surface area contributed by atoms with Gasteiger partial charge in [-0.05, 0) is 69.5 Å². The standard InChI is InChI=1S/C20H26N4O2/c25-20-11-15-3-1-5-17(15)21-24(20)12-14-7-9-23(10-8-14)13-18-16-4-2-6-19(16)26-22-18/h11,14H,1-10,12-13H2. The molecule has 0 radical (unpaired) electrons. The van der Waals surface area contributed by atoms with Gasteiger partial charge in [-0.1, -0.05) is 5.16 Å². The molecule has 0 unspecified atom stereocenters. The van der Waals surface area contributed by atoms with Gasteiger partial charge in [0.15, 0.2) is 0 Å². The fourth-order valence-corrected chi connectivity index (χ4v) is 4.77. The predicted octanol–water partition coefficient (Wildman–Crippen LogP) is 2.12. The van der Waals surface area contributed by atoms with E-state index >= 15 is 0 Å². The van der Waals surface area contributed by atoms with Crippen molar-refractivity contribution in [2.24, 2.45) is 5.92 Å². The third kappa shape index (κ3) is 3.00. The number of aromatic nitrogens is 3. The Morgan fingerprint density at radius 1 is 1.12 bits per heavy atom. The number of aryl methyl sites for hydroxylation is 3. The van der Waals surface area contributed by atoms with Crippen LogP contribution in [0.15, 0.2) is 15.4 Å². The van der Waals surface area contributed by atoms with E-state index in [0.29, 0.717) is 5.92 Å². The summed E-state index contributed by atoms with van der Waals surface area (Å²) in [4.78, 5) is 14.8. The monoisotopic (exact) mass is 354 g/mol. The second kappa shape index (κ2) is 6.65. The molecule has 6 nitrogen and oxygen atoms in total. The zero-order valence-electron chi connectivity index (χ0n) is 15.2. The van der Waals surface area contributed by atoms with Crippen LogP contribution in [0.1, 0.15) is 54.0 Å². The topological polar surface area (TPSA) is 64.2 Å². The molecular formula is C20H26N4O2. The number of fused-ring (bicyclic) bond motifs is 2. The van der Waals surface area contributed by atoms with Crippen LogP contribution < -0.4 is 5.56 Å². The van der Waals surface area contributed by atoms with Crippen molar-refractivity contribution in [3.8, 4) is 0 Å². The van der Waals surface area contributed by atoms with E-state index in [2.05, 4.69) is 15.2 Å². The van der Waals surface area contributed by atoms with Crippen molar-refractivity contribution in [1.82, 2.24) is 19.8 Å². The zero-order valence-corrected chi connectivity index (χ0v) is 15.2. The fraction of sp³-hybridized carbons (Fsp3) is 0.650. The summed E-state index contributed by atoms with van der Waals surface area (Å²) in [6, 6.07) is 1.82. The number of hydrogen-bond acceptors (Lipinski definition) is 5. The van der Waals surface area contributed by atoms with E-state index in [9.17, 15) is 4.79 Å². The predicted molar refractivity (Wildman–Crippen MR) is 97.1 cm³/mol. The molecule has 0 spiro atoms.